The third-order valence-corrected chi connectivity index (χ3v) is 10.7. The zero-order chi connectivity index (χ0) is 29.7. The highest BCUT2D eigenvalue weighted by atomic mass is 19.1. The summed E-state index contributed by atoms with van der Waals surface area (Å²) in [5.74, 6) is 0.468. The van der Waals surface area contributed by atoms with Crippen LogP contribution in [0.15, 0.2) is 24.6 Å². The molecular weight excluding hydrogens is 537 g/mol. The van der Waals surface area contributed by atoms with E-state index in [9.17, 15) is 9.59 Å². The van der Waals surface area contributed by atoms with Gasteiger partial charge in [0.15, 0.2) is 0 Å². The van der Waals surface area contributed by atoms with Gasteiger partial charge in [-0.25, -0.2) is 9.18 Å². The van der Waals surface area contributed by atoms with Gasteiger partial charge in [-0.3, -0.25) is 20.0 Å². The number of urea groups is 1. The van der Waals surface area contributed by atoms with E-state index < -0.39 is 12.3 Å². The van der Waals surface area contributed by atoms with Crippen LogP contribution in [0.1, 0.15) is 66.2 Å². The summed E-state index contributed by atoms with van der Waals surface area (Å²) >= 11 is 0. The lowest BCUT2D eigenvalue weighted by atomic mass is 9.76. The van der Waals surface area contributed by atoms with Crippen LogP contribution in [-0.4, -0.2) is 100 Å². The van der Waals surface area contributed by atoms with Gasteiger partial charge in [0, 0.05) is 43.3 Å². The van der Waals surface area contributed by atoms with E-state index in [0.717, 1.165) is 44.3 Å². The molecule has 42 heavy (non-hydrogen) atoms. The number of carbonyl (C=O) groups excluding carboxylic acids is 2. The Labute approximate surface area is 249 Å². The highest BCUT2D eigenvalue weighted by molar-refractivity contribution is 5.87. The molecule has 6 aliphatic rings. The molecule has 0 aromatic carbocycles. The molecule has 0 spiro atoms. The summed E-state index contributed by atoms with van der Waals surface area (Å²) in [4.78, 5) is 33.2. The summed E-state index contributed by atoms with van der Waals surface area (Å²) in [7, 11) is 0. The van der Waals surface area contributed by atoms with Crippen LogP contribution in [0.3, 0.4) is 0 Å². The Hall–Kier alpha value is -2.41. The number of piperazine rings is 1. The number of carbonyl (C=O) groups is 2. The molecule has 234 valence electrons. The Bertz CT molecular complexity index is 1070. The number of hydrogen-bond acceptors (Lipinski definition) is 8. The standard InChI is InChI=1S/C30H50FN9O2/c1-6-24(41)37-15-19(5)38(16-18(37)4)27-22-13-23(31)29-34-28(22)39(30(42)35-27)26-20(11-12-32-25(26)17(2)3)9-7-8-10-21-14-33-36-40(21)29/h6,14,17-20,22-23,25-29,32-34,36H,1,7-13,15-16H2,2-5H3,(H,35,42)/t18-,19+,20?,22?,23?,25?,26?,27?,28?,29?/m1/s1. The Kier molecular flexibility index (Phi) is 8.43. The molecule has 0 saturated carbocycles. The average Bonchev–Trinajstić information content (AvgIpc) is 3.43. The van der Waals surface area contributed by atoms with Crippen molar-refractivity contribution in [2.75, 3.05) is 19.6 Å². The number of fused-ring (bicyclic) bond motifs is 5. The lowest BCUT2D eigenvalue weighted by molar-refractivity contribution is -0.137. The summed E-state index contributed by atoms with van der Waals surface area (Å²) in [6.45, 7) is 14.4. The van der Waals surface area contributed by atoms with Gasteiger partial charge in [-0.05, 0) is 70.4 Å². The quantitative estimate of drug-likeness (QED) is 0.319. The second-order valence-corrected chi connectivity index (χ2v) is 13.6. The predicted octanol–water partition coefficient (Wildman–Crippen LogP) is 1.79. The van der Waals surface area contributed by atoms with Crippen molar-refractivity contribution in [2.45, 2.75) is 115 Å². The Morgan fingerprint density at radius 3 is 2.69 bits per heavy atom. The molecule has 5 N–H and O–H groups in total. The summed E-state index contributed by atoms with van der Waals surface area (Å²) in [6.07, 6.45) is 6.25. The molecule has 0 aliphatic carbocycles. The van der Waals surface area contributed by atoms with Crippen molar-refractivity contribution in [3.8, 4) is 0 Å². The second kappa shape index (κ2) is 11.9. The molecule has 0 aromatic heterocycles. The minimum Gasteiger partial charge on any atom is -0.334 e. The monoisotopic (exact) mass is 587 g/mol. The molecule has 8 unspecified atom stereocenters. The van der Waals surface area contributed by atoms with Crippen LogP contribution in [0.25, 0.3) is 0 Å². The molecule has 11 nitrogen and oxygen atoms in total. The number of halogens is 1. The van der Waals surface area contributed by atoms with Gasteiger partial charge < -0.3 is 25.9 Å². The van der Waals surface area contributed by atoms with Crippen molar-refractivity contribution in [1.29, 1.82) is 0 Å². The number of nitrogens with zero attached hydrogens (tertiary/aromatic N) is 4. The van der Waals surface area contributed by atoms with Gasteiger partial charge in [0.25, 0.3) is 0 Å². The van der Waals surface area contributed by atoms with Crippen molar-refractivity contribution >= 4 is 11.9 Å². The van der Waals surface area contributed by atoms with E-state index in [0.29, 0.717) is 31.3 Å². The molecule has 5 fully saturated rings. The number of piperidine rings is 2. The zero-order valence-corrected chi connectivity index (χ0v) is 25.6. The first-order chi connectivity index (χ1) is 20.2. The van der Waals surface area contributed by atoms with Crippen molar-refractivity contribution in [2.24, 2.45) is 17.8 Å². The fourth-order valence-electron chi connectivity index (χ4n) is 8.64. The van der Waals surface area contributed by atoms with Crippen LogP contribution in [0.5, 0.6) is 0 Å². The number of allylic oxidation sites excluding steroid dienone is 1. The van der Waals surface area contributed by atoms with Gasteiger partial charge in [0.05, 0.1) is 24.1 Å². The number of hydrazine groups is 2. The first-order valence-corrected chi connectivity index (χ1v) is 16.1. The fraction of sp³-hybridized carbons (Fsp3) is 0.800. The van der Waals surface area contributed by atoms with Crippen LogP contribution in [0.4, 0.5) is 9.18 Å². The van der Waals surface area contributed by atoms with Crippen LogP contribution in [0.2, 0.25) is 0 Å². The normalized spacial score (nSPS) is 41.0. The number of alkyl halides is 1. The van der Waals surface area contributed by atoms with Crippen molar-refractivity contribution in [3.63, 3.8) is 0 Å². The van der Waals surface area contributed by atoms with Crippen molar-refractivity contribution in [1.82, 2.24) is 46.6 Å². The largest absolute Gasteiger partial charge is 0.334 e. The average molecular weight is 588 g/mol. The summed E-state index contributed by atoms with van der Waals surface area (Å²) in [6, 6.07) is 0.0316. The summed E-state index contributed by atoms with van der Waals surface area (Å²) in [5, 5.41) is 12.7. The first-order valence-electron chi connectivity index (χ1n) is 16.1. The summed E-state index contributed by atoms with van der Waals surface area (Å²) < 4.78 is 16.3. The maximum atomic E-state index is 16.3. The van der Waals surface area contributed by atoms with Crippen molar-refractivity contribution < 1.29 is 14.0 Å². The highest BCUT2D eigenvalue weighted by Crippen LogP contribution is 2.41. The third kappa shape index (κ3) is 5.18. The second-order valence-electron chi connectivity index (χ2n) is 13.6. The van der Waals surface area contributed by atoms with Crippen LogP contribution >= 0.6 is 0 Å². The Morgan fingerprint density at radius 2 is 1.93 bits per heavy atom. The number of hydrogen-bond donors (Lipinski definition) is 5. The maximum Gasteiger partial charge on any atom is 0.320 e. The summed E-state index contributed by atoms with van der Waals surface area (Å²) in [5.41, 5.74) is 7.30. The minimum absolute atomic E-state index is 0.00419. The fourth-order valence-corrected chi connectivity index (χ4v) is 8.64. The smallest absolute Gasteiger partial charge is 0.320 e. The zero-order valence-electron chi connectivity index (χ0n) is 25.6. The Balaban J connectivity index is 1.37. The van der Waals surface area contributed by atoms with Crippen LogP contribution in [-0.2, 0) is 4.79 Å². The SMILES string of the molecule is C=CC(=O)N1C[C@H](C)N(C2NC(=O)N3C4NC(C(F)CC42)N2NNC=C2CCCCC2CCNC(C(C)C)C23)C[C@H]1C. The number of nitrogens with one attached hydrogen (secondary N) is 5. The van der Waals surface area contributed by atoms with Gasteiger partial charge in [-0.2, -0.15) is 0 Å². The highest BCUT2D eigenvalue weighted by Gasteiger charge is 2.56. The maximum absolute atomic E-state index is 16.3. The molecule has 0 radical (unpaired) electrons. The lowest BCUT2D eigenvalue weighted by Gasteiger charge is -2.60. The van der Waals surface area contributed by atoms with E-state index in [-0.39, 0.29) is 54.4 Å². The lowest BCUT2D eigenvalue weighted by Crippen LogP contribution is -2.80. The van der Waals surface area contributed by atoms with E-state index in [2.05, 4.69) is 64.1 Å². The first kappa shape index (κ1) is 29.7. The molecule has 6 rings (SSSR count). The van der Waals surface area contributed by atoms with Crippen LogP contribution in [0, 0.1) is 17.8 Å². The Morgan fingerprint density at radius 1 is 1.12 bits per heavy atom. The topological polar surface area (TPSA) is 107 Å². The van der Waals surface area contributed by atoms with E-state index in [1.807, 2.05) is 23.0 Å². The molecule has 6 heterocycles. The van der Waals surface area contributed by atoms with Gasteiger partial charge in [0.1, 0.15) is 12.3 Å². The molecule has 6 aliphatic heterocycles. The molecule has 10 atom stereocenters. The van der Waals surface area contributed by atoms with E-state index in [1.54, 1.807) is 0 Å². The van der Waals surface area contributed by atoms with Gasteiger partial charge in [-0.1, -0.05) is 26.8 Å². The van der Waals surface area contributed by atoms with E-state index in [1.165, 1.54) is 6.08 Å². The van der Waals surface area contributed by atoms with E-state index in [4.69, 9.17) is 0 Å². The predicted molar refractivity (Wildman–Crippen MR) is 159 cm³/mol. The minimum atomic E-state index is -1.15. The van der Waals surface area contributed by atoms with E-state index >= 15 is 4.39 Å². The third-order valence-electron chi connectivity index (χ3n) is 10.7. The molecule has 5 saturated heterocycles. The molecule has 12 heteroatoms. The number of rotatable bonds is 3. The van der Waals surface area contributed by atoms with Crippen LogP contribution < -0.4 is 26.9 Å². The number of amides is 3. The van der Waals surface area contributed by atoms with Gasteiger partial charge >= 0.3 is 6.03 Å². The molecular formula is C30H50FN9O2. The molecule has 0 aromatic rings. The molecule has 3 amide bonds. The molecule has 2 bridgehead atoms. The van der Waals surface area contributed by atoms with Gasteiger partial charge in [0.2, 0.25) is 5.91 Å². The van der Waals surface area contributed by atoms with Crippen molar-refractivity contribution in [3.05, 3.63) is 24.6 Å². The van der Waals surface area contributed by atoms with Gasteiger partial charge in [-0.15, -0.1) is 5.53 Å².